The summed E-state index contributed by atoms with van der Waals surface area (Å²) < 4.78 is 0. The highest BCUT2D eigenvalue weighted by Gasteiger charge is 2.44. The van der Waals surface area contributed by atoms with Crippen LogP contribution in [-0.2, 0) is 5.41 Å². The Bertz CT molecular complexity index is 985. The van der Waals surface area contributed by atoms with Gasteiger partial charge in [-0.25, -0.2) is 0 Å². The molecular weight excluding hydrogens is 360 g/mol. The zero-order valence-corrected chi connectivity index (χ0v) is 18.7. The molecule has 30 heavy (non-hydrogen) atoms. The largest absolute Gasteiger partial charge is 0.0758 e. The van der Waals surface area contributed by atoms with E-state index in [1.54, 1.807) is 0 Å². The summed E-state index contributed by atoms with van der Waals surface area (Å²) in [5.41, 5.74) is 9.31. The molecule has 1 aliphatic carbocycles. The zero-order chi connectivity index (χ0) is 21.1. The summed E-state index contributed by atoms with van der Waals surface area (Å²) in [6, 6.07) is 27.4. The predicted molar refractivity (Wildman–Crippen MR) is 129 cm³/mol. The van der Waals surface area contributed by atoms with Crippen molar-refractivity contribution in [2.45, 2.75) is 46.0 Å². The quantitative estimate of drug-likeness (QED) is 0.375. The van der Waals surface area contributed by atoms with E-state index in [-0.39, 0.29) is 5.41 Å². The molecule has 0 saturated heterocycles. The molecule has 1 unspecified atom stereocenters. The van der Waals surface area contributed by atoms with Crippen LogP contribution >= 0.6 is 0 Å². The second kappa shape index (κ2) is 8.48. The Labute approximate surface area is 182 Å². The maximum Gasteiger partial charge on any atom is 0.0551 e. The average Bonchev–Trinajstić information content (AvgIpc) is 3.18. The number of hydrogen-bond acceptors (Lipinski definition) is 0. The van der Waals surface area contributed by atoms with Gasteiger partial charge in [0.1, 0.15) is 0 Å². The van der Waals surface area contributed by atoms with Crippen molar-refractivity contribution < 1.29 is 0 Å². The number of allylic oxidation sites excluding steroid dienone is 4. The van der Waals surface area contributed by atoms with E-state index < -0.39 is 0 Å². The molecule has 1 atom stereocenters. The third-order valence-corrected chi connectivity index (χ3v) is 6.44. The van der Waals surface area contributed by atoms with E-state index in [2.05, 4.69) is 119 Å². The third kappa shape index (κ3) is 3.56. The average molecular weight is 393 g/mol. The Morgan fingerprint density at radius 1 is 0.700 bits per heavy atom. The molecule has 0 radical (unpaired) electrons. The van der Waals surface area contributed by atoms with Crippen molar-refractivity contribution in [2.75, 3.05) is 0 Å². The summed E-state index contributed by atoms with van der Waals surface area (Å²) in [4.78, 5) is 0. The molecule has 0 bridgehead atoms. The van der Waals surface area contributed by atoms with Gasteiger partial charge in [0.15, 0.2) is 0 Å². The van der Waals surface area contributed by atoms with E-state index in [1.165, 1.54) is 39.0 Å². The molecule has 0 nitrogen and oxygen atoms in total. The maximum absolute atomic E-state index is 2.43. The highest BCUT2D eigenvalue weighted by atomic mass is 14.5. The minimum absolute atomic E-state index is 0.252. The van der Waals surface area contributed by atoms with Crippen molar-refractivity contribution in [3.8, 4) is 0 Å². The van der Waals surface area contributed by atoms with Gasteiger partial charge in [0.2, 0.25) is 0 Å². The number of aryl methyl sites for hydroxylation is 3. The van der Waals surface area contributed by atoms with Crippen LogP contribution in [0.4, 0.5) is 0 Å². The second-order valence-electron chi connectivity index (χ2n) is 8.77. The normalized spacial score (nSPS) is 16.0. The summed E-state index contributed by atoms with van der Waals surface area (Å²) in [6.45, 7) is 8.89. The van der Waals surface area contributed by atoms with Gasteiger partial charge >= 0.3 is 0 Å². The van der Waals surface area contributed by atoms with Gasteiger partial charge in [0, 0.05) is 5.92 Å². The molecule has 0 saturated carbocycles. The van der Waals surface area contributed by atoms with Crippen molar-refractivity contribution in [1.82, 2.24) is 0 Å². The van der Waals surface area contributed by atoms with Crippen LogP contribution in [0.25, 0.3) is 0 Å². The van der Waals surface area contributed by atoms with Gasteiger partial charge < -0.3 is 0 Å². The summed E-state index contributed by atoms with van der Waals surface area (Å²) in [5.74, 6) is 0.308. The highest BCUT2D eigenvalue weighted by molar-refractivity contribution is 5.57. The molecule has 1 aliphatic rings. The Balaban J connectivity index is 2.11. The lowest BCUT2D eigenvalue weighted by molar-refractivity contribution is 0.493. The zero-order valence-electron chi connectivity index (χ0n) is 18.7. The van der Waals surface area contributed by atoms with Crippen LogP contribution in [0, 0.1) is 26.7 Å². The molecule has 0 fully saturated rings. The number of rotatable bonds is 6. The fourth-order valence-electron chi connectivity index (χ4n) is 5.18. The summed E-state index contributed by atoms with van der Waals surface area (Å²) >= 11 is 0. The smallest absolute Gasteiger partial charge is 0.0551 e. The van der Waals surface area contributed by atoms with Crippen LogP contribution in [0.1, 0.15) is 53.1 Å². The van der Waals surface area contributed by atoms with Crippen molar-refractivity contribution in [1.29, 1.82) is 0 Å². The van der Waals surface area contributed by atoms with Gasteiger partial charge in [-0.2, -0.15) is 0 Å². The van der Waals surface area contributed by atoms with E-state index in [1.807, 2.05) is 0 Å². The number of hydrogen-bond donors (Lipinski definition) is 0. The Morgan fingerprint density at radius 2 is 1.17 bits per heavy atom. The molecule has 3 aromatic carbocycles. The Hall–Kier alpha value is -2.86. The topological polar surface area (TPSA) is 0 Å². The maximum atomic E-state index is 2.43. The summed E-state index contributed by atoms with van der Waals surface area (Å²) in [6.07, 6.45) is 9.34. The van der Waals surface area contributed by atoms with Crippen LogP contribution in [0.3, 0.4) is 0 Å². The van der Waals surface area contributed by atoms with E-state index in [4.69, 9.17) is 0 Å². The standard InChI is InChI=1S/C30H32/c1-5-10-25-14-9-18-29(25)30(26-15-6-11-22(2)19-26,27-16-7-12-23(3)20-27)28-17-8-13-24(4)21-28/h6-9,11-21,29H,5,10H2,1-4H3. The van der Waals surface area contributed by atoms with E-state index >= 15 is 0 Å². The first-order valence-corrected chi connectivity index (χ1v) is 11.1. The minimum atomic E-state index is -0.252. The molecular formula is C30H32. The Kier molecular flexibility index (Phi) is 5.77. The minimum Gasteiger partial charge on any atom is -0.0758 e. The molecule has 0 N–H and O–H groups in total. The van der Waals surface area contributed by atoms with Gasteiger partial charge in [-0.3, -0.25) is 0 Å². The van der Waals surface area contributed by atoms with Gasteiger partial charge in [0.05, 0.1) is 5.41 Å². The molecule has 0 heterocycles. The van der Waals surface area contributed by atoms with Gasteiger partial charge in [-0.05, 0) is 43.9 Å². The van der Waals surface area contributed by atoms with Crippen molar-refractivity contribution in [3.63, 3.8) is 0 Å². The first kappa shape index (κ1) is 20.4. The molecule has 152 valence electrons. The highest BCUT2D eigenvalue weighted by Crippen LogP contribution is 2.51. The van der Waals surface area contributed by atoms with Crippen LogP contribution < -0.4 is 0 Å². The van der Waals surface area contributed by atoms with Crippen molar-refractivity contribution in [2.24, 2.45) is 5.92 Å². The van der Waals surface area contributed by atoms with Crippen LogP contribution in [-0.4, -0.2) is 0 Å². The van der Waals surface area contributed by atoms with E-state index in [9.17, 15) is 0 Å². The van der Waals surface area contributed by atoms with Gasteiger partial charge in [-0.1, -0.05) is 127 Å². The lowest BCUT2D eigenvalue weighted by Crippen LogP contribution is -2.38. The predicted octanol–water partition coefficient (Wildman–Crippen LogP) is 7.86. The van der Waals surface area contributed by atoms with Gasteiger partial charge in [0.25, 0.3) is 0 Å². The molecule has 0 amide bonds. The van der Waals surface area contributed by atoms with Crippen molar-refractivity contribution >= 4 is 0 Å². The van der Waals surface area contributed by atoms with Gasteiger partial charge in [-0.15, -0.1) is 0 Å². The van der Waals surface area contributed by atoms with Crippen LogP contribution in [0.15, 0.2) is 96.6 Å². The first-order chi connectivity index (χ1) is 14.6. The van der Waals surface area contributed by atoms with Crippen molar-refractivity contribution in [3.05, 3.63) is 130 Å². The van der Waals surface area contributed by atoms with E-state index in [0.29, 0.717) is 5.92 Å². The molecule has 0 spiro atoms. The first-order valence-electron chi connectivity index (χ1n) is 11.1. The molecule has 3 aromatic rings. The Morgan fingerprint density at radius 3 is 1.57 bits per heavy atom. The second-order valence-corrected chi connectivity index (χ2v) is 8.77. The molecule has 0 aliphatic heterocycles. The fraction of sp³-hybridized carbons (Fsp3) is 0.267. The molecule has 0 aromatic heterocycles. The summed E-state index contributed by atoms with van der Waals surface area (Å²) in [5, 5.41) is 0. The van der Waals surface area contributed by atoms with Crippen LogP contribution in [0.2, 0.25) is 0 Å². The lowest BCUT2D eigenvalue weighted by Gasteiger charge is -2.42. The van der Waals surface area contributed by atoms with Crippen LogP contribution in [0.5, 0.6) is 0 Å². The summed E-state index contributed by atoms with van der Waals surface area (Å²) in [7, 11) is 0. The van der Waals surface area contributed by atoms with E-state index in [0.717, 1.165) is 12.8 Å². The fourth-order valence-corrected chi connectivity index (χ4v) is 5.18. The molecule has 0 heteroatoms. The lowest BCUT2D eigenvalue weighted by atomic mass is 9.59. The number of benzene rings is 3. The SMILES string of the molecule is CCCC1=CC=CC1C(c1cccc(C)c1)(c1cccc(C)c1)c1cccc(C)c1. The molecule has 4 rings (SSSR count). The monoisotopic (exact) mass is 392 g/mol. The third-order valence-electron chi connectivity index (χ3n) is 6.44.